The molecule has 7 heteroatoms. The fourth-order valence-electron chi connectivity index (χ4n) is 2.69. The van der Waals surface area contributed by atoms with Crippen molar-refractivity contribution < 1.29 is 22.8 Å². The first-order valence-electron chi connectivity index (χ1n) is 7.53. The molecule has 2 amide bonds. The second-order valence-corrected chi connectivity index (χ2v) is 6.37. The molecule has 0 fully saturated rings. The number of rotatable bonds is 2. The Morgan fingerprint density at radius 3 is 2.52 bits per heavy atom. The molecule has 2 aromatic carbocycles. The number of hydrogen-bond donors (Lipinski definition) is 2. The lowest BCUT2D eigenvalue weighted by Gasteiger charge is -2.16. The Morgan fingerprint density at radius 1 is 1.12 bits per heavy atom. The summed E-state index contributed by atoms with van der Waals surface area (Å²) in [6.07, 6.45) is -4.48. The van der Waals surface area contributed by atoms with Gasteiger partial charge in [0, 0.05) is 16.9 Å². The van der Waals surface area contributed by atoms with E-state index in [1.165, 1.54) is 18.2 Å². The zero-order valence-corrected chi connectivity index (χ0v) is 13.5. The van der Waals surface area contributed by atoms with E-state index < -0.39 is 23.1 Å². The Labute approximate surface area is 142 Å². The molecule has 0 radical (unpaired) electrons. The molecule has 4 nitrogen and oxygen atoms in total. The molecular weight excluding hydrogens is 333 g/mol. The molecule has 0 bridgehead atoms. The first-order chi connectivity index (χ1) is 11.6. The summed E-state index contributed by atoms with van der Waals surface area (Å²) < 4.78 is 38.2. The molecule has 25 heavy (non-hydrogen) atoms. The Hall–Kier alpha value is -2.83. The van der Waals surface area contributed by atoms with Crippen LogP contribution in [0.1, 0.15) is 35.3 Å². The number of hydrogen-bond acceptors (Lipinski definition) is 2. The summed E-state index contributed by atoms with van der Waals surface area (Å²) in [6.45, 7) is 3.48. The van der Waals surface area contributed by atoms with Crippen LogP contribution in [0.15, 0.2) is 42.5 Å². The lowest BCUT2D eigenvalue weighted by atomic mass is 9.85. The molecule has 2 aromatic rings. The Balaban J connectivity index is 1.86. The van der Waals surface area contributed by atoms with Crippen molar-refractivity contribution in [3.63, 3.8) is 0 Å². The van der Waals surface area contributed by atoms with Crippen LogP contribution in [0.2, 0.25) is 0 Å². The molecule has 3 rings (SSSR count). The van der Waals surface area contributed by atoms with E-state index in [2.05, 4.69) is 10.6 Å². The maximum Gasteiger partial charge on any atom is 0.416 e. The van der Waals surface area contributed by atoms with E-state index in [0.717, 1.165) is 12.1 Å². The summed E-state index contributed by atoms with van der Waals surface area (Å²) in [6, 6.07) is 9.14. The summed E-state index contributed by atoms with van der Waals surface area (Å²) in [5.41, 5.74) is 0.00599. The number of carbonyl (C=O) groups excluding carboxylic acids is 2. The number of benzene rings is 2. The van der Waals surface area contributed by atoms with Gasteiger partial charge in [0.25, 0.3) is 5.91 Å². The van der Waals surface area contributed by atoms with E-state index in [1.54, 1.807) is 26.0 Å². The SMILES string of the molecule is CC1(C)C(=O)Nc2ccc(C(=O)Nc3cccc(C(F)(F)F)c3)cc21. The quantitative estimate of drug-likeness (QED) is 0.855. The van der Waals surface area contributed by atoms with Crippen LogP contribution in [-0.4, -0.2) is 11.8 Å². The average molecular weight is 348 g/mol. The summed E-state index contributed by atoms with van der Waals surface area (Å²) in [5.74, 6) is -0.713. The lowest BCUT2D eigenvalue weighted by Crippen LogP contribution is -2.27. The van der Waals surface area contributed by atoms with E-state index in [1.807, 2.05) is 0 Å². The molecule has 1 aliphatic rings. The number of alkyl halides is 3. The van der Waals surface area contributed by atoms with Gasteiger partial charge < -0.3 is 10.6 Å². The Morgan fingerprint density at radius 2 is 1.84 bits per heavy atom. The van der Waals surface area contributed by atoms with Crippen molar-refractivity contribution in [1.29, 1.82) is 0 Å². The monoisotopic (exact) mass is 348 g/mol. The highest BCUT2D eigenvalue weighted by Crippen LogP contribution is 2.38. The summed E-state index contributed by atoms with van der Waals surface area (Å²) in [7, 11) is 0. The van der Waals surface area contributed by atoms with Gasteiger partial charge in [-0.2, -0.15) is 13.2 Å². The lowest BCUT2D eigenvalue weighted by molar-refractivity contribution is -0.137. The van der Waals surface area contributed by atoms with Gasteiger partial charge in [0.1, 0.15) is 0 Å². The number of nitrogens with one attached hydrogen (secondary N) is 2. The minimum atomic E-state index is -4.48. The number of halogens is 3. The molecule has 1 aliphatic heterocycles. The van der Waals surface area contributed by atoms with Crippen molar-refractivity contribution in [1.82, 2.24) is 0 Å². The van der Waals surface area contributed by atoms with Gasteiger partial charge in [-0.3, -0.25) is 9.59 Å². The van der Waals surface area contributed by atoms with Crippen molar-refractivity contribution in [3.05, 3.63) is 59.2 Å². The highest BCUT2D eigenvalue weighted by atomic mass is 19.4. The Kier molecular flexibility index (Phi) is 3.82. The molecule has 0 saturated heterocycles. The zero-order chi connectivity index (χ0) is 18.4. The third-order valence-corrected chi connectivity index (χ3v) is 4.22. The van der Waals surface area contributed by atoms with Crippen molar-refractivity contribution in [2.45, 2.75) is 25.4 Å². The van der Waals surface area contributed by atoms with E-state index >= 15 is 0 Å². The highest BCUT2D eigenvalue weighted by molar-refractivity contribution is 6.09. The predicted octanol–water partition coefficient (Wildman–Crippen LogP) is 4.19. The standard InChI is InChI=1S/C18H15F3N2O2/c1-17(2)13-8-10(6-7-14(13)23-16(17)25)15(24)22-12-5-3-4-11(9-12)18(19,20)21/h3-9H,1-2H3,(H,22,24)(H,23,25). The molecule has 0 aliphatic carbocycles. The van der Waals surface area contributed by atoms with Gasteiger partial charge in [-0.15, -0.1) is 0 Å². The molecule has 130 valence electrons. The highest BCUT2D eigenvalue weighted by Gasteiger charge is 2.38. The minimum absolute atomic E-state index is 0.0498. The van der Waals surface area contributed by atoms with Gasteiger partial charge in [0.2, 0.25) is 5.91 Å². The molecular formula is C18H15F3N2O2. The molecule has 2 N–H and O–H groups in total. The van der Waals surface area contributed by atoms with Crippen molar-refractivity contribution in [3.8, 4) is 0 Å². The average Bonchev–Trinajstić information content (AvgIpc) is 2.76. The summed E-state index contributed by atoms with van der Waals surface area (Å²) >= 11 is 0. The van der Waals surface area contributed by atoms with Crippen molar-refractivity contribution in [2.24, 2.45) is 0 Å². The third-order valence-electron chi connectivity index (χ3n) is 4.22. The second kappa shape index (κ2) is 5.61. The van der Waals surface area contributed by atoms with Crippen LogP contribution in [0.3, 0.4) is 0 Å². The number of carbonyl (C=O) groups is 2. The van der Waals surface area contributed by atoms with Gasteiger partial charge in [-0.25, -0.2) is 0 Å². The maximum atomic E-state index is 12.7. The smallest absolute Gasteiger partial charge is 0.325 e. The van der Waals surface area contributed by atoms with Crippen LogP contribution in [0.5, 0.6) is 0 Å². The normalized spacial score (nSPS) is 15.5. The van der Waals surface area contributed by atoms with Crippen LogP contribution in [-0.2, 0) is 16.4 Å². The molecule has 0 unspecified atom stereocenters. The third kappa shape index (κ3) is 3.09. The van der Waals surface area contributed by atoms with Gasteiger partial charge in [0.15, 0.2) is 0 Å². The van der Waals surface area contributed by atoms with Crippen molar-refractivity contribution >= 4 is 23.2 Å². The summed E-state index contributed by atoms with van der Waals surface area (Å²) in [4.78, 5) is 24.3. The molecule has 0 aromatic heterocycles. The molecule has 0 spiro atoms. The Bertz CT molecular complexity index is 873. The minimum Gasteiger partial charge on any atom is -0.325 e. The van der Waals surface area contributed by atoms with E-state index in [0.29, 0.717) is 11.3 Å². The maximum absolute atomic E-state index is 12.7. The topological polar surface area (TPSA) is 58.2 Å². The van der Waals surface area contributed by atoms with Crippen LogP contribution >= 0.6 is 0 Å². The van der Waals surface area contributed by atoms with E-state index in [4.69, 9.17) is 0 Å². The first kappa shape index (κ1) is 17.0. The number of amides is 2. The first-order valence-corrected chi connectivity index (χ1v) is 7.53. The fourth-order valence-corrected chi connectivity index (χ4v) is 2.69. The summed E-state index contributed by atoms with van der Waals surface area (Å²) in [5, 5.41) is 5.19. The van der Waals surface area contributed by atoms with Crippen LogP contribution < -0.4 is 10.6 Å². The van der Waals surface area contributed by atoms with Gasteiger partial charge in [-0.05, 0) is 55.8 Å². The van der Waals surface area contributed by atoms with Crippen LogP contribution in [0.25, 0.3) is 0 Å². The second-order valence-electron chi connectivity index (χ2n) is 6.37. The van der Waals surface area contributed by atoms with Crippen LogP contribution in [0.4, 0.5) is 24.5 Å². The number of fused-ring (bicyclic) bond motifs is 1. The molecule has 0 saturated carbocycles. The van der Waals surface area contributed by atoms with E-state index in [-0.39, 0.29) is 17.2 Å². The largest absolute Gasteiger partial charge is 0.416 e. The fraction of sp³-hybridized carbons (Fsp3) is 0.222. The van der Waals surface area contributed by atoms with Gasteiger partial charge >= 0.3 is 6.18 Å². The van der Waals surface area contributed by atoms with Crippen LogP contribution in [0, 0.1) is 0 Å². The van der Waals surface area contributed by atoms with Gasteiger partial charge in [-0.1, -0.05) is 6.07 Å². The van der Waals surface area contributed by atoms with Crippen molar-refractivity contribution in [2.75, 3.05) is 10.6 Å². The zero-order valence-electron chi connectivity index (χ0n) is 13.5. The molecule has 0 atom stereocenters. The van der Waals surface area contributed by atoms with E-state index in [9.17, 15) is 22.8 Å². The van der Waals surface area contributed by atoms with Gasteiger partial charge in [0.05, 0.1) is 11.0 Å². The predicted molar refractivity (Wildman–Crippen MR) is 87.5 cm³/mol. The molecule has 1 heterocycles. The number of anilines is 2.